The molecule has 4 N–H and O–H groups in total. The largest absolute Gasteiger partial charge is 0.497 e. The third kappa shape index (κ3) is 9.35. The Hall–Kier alpha value is -7.68. The van der Waals surface area contributed by atoms with E-state index in [-0.39, 0.29) is 73.7 Å². The smallest absolute Gasteiger partial charge is 0.295 e. The van der Waals surface area contributed by atoms with Crippen molar-refractivity contribution < 1.29 is 70.8 Å². The van der Waals surface area contributed by atoms with Crippen molar-refractivity contribution in [2.75, 3.05) is 28.4 Å². The van der Waals surface area contributed by atoms with Gasteiger partial charge in [-0.05, 0) is 97.1 Å². The highest BCUT2D eigenvalue weighted by Gasteiger charge is 2.39. The Morgan fingerprint density at radius 2 is 0.764 bits per heavy atom. The first kappa shape index (κ1) is 49.3. The Morgan fingerprint density at radius 1 is 0.389 bits per heavy atom. The molecule has 9 rings (SSSR count). The van der Waals surface area contributed by atoms with Crippen LogP contribution in [0.2, 0.25) is 0 Å². The van der Waals surface area contributed by atoms with Gasteiger partial charge in [-0.15, -0.1) is 0 Å². The number of aliphatic imine (C=N–C) groups is 4. The lowest BCUT2D eigenvalue weighted by molar-refractivity contribution is 0.412. The summed E-state index contributed by atoms with van der Waals surface area (Å²) in [5.41, 5.74) is -2.36. The first-order chi connectivity index (χ1) is 34.0. The van der Waals surface area contributed by atoms with Crippen LogP contribution in [0.3, 0.4) is 0 Å². The van der Waals surface area contributed by atoms with Gasteiger partial charge in [-0.1, -0.05) is 0 Å². The van der Waals surface area contributed by atoms with Gasteiger partial charge in [-0.2, -0.15) is 33.7 Å². The minimum absolute atomic E-state index is 0.0112. The fraction of sp³-hybridized carbons (Fsp3) is 0.0833. The lowest BCUT2D eigenvalue weighted by Gasteiger charge is -2.21. The molecule has 0 atom stereocenters. The molecule has 5 aliphatic rings. The van der Waals surface area contributed by atoms with E-state index >= 15 is 0 Å². The zero-order valence-corrected chi connectivity index (χ0v) is 40.9. The van der Waals surface area contributed by atoms with Crippen LogP contribution in [-0.4, -0.2) is 103 Å². The molecule has 0 unspecified atom stereocenters. The van der Waals surface area contributed by atoms with Gasteiger partial charge in [0.25, 0.3) is 40.5 Å². The standard InChI is InChI=1S/C48H36N4O16S4/c1-65-30-9-13-34(40(21-30)69(53,54)55)38-19-29-18-27-6-5-25(49-27)17-26-7-8-28(50-26)20-39-44(35-14-10-31(66-2)22-41(35)70(56,57)58)45(36-15-11-32(67-3)23-42(36)71(59,60)61)48(52-39)46(47(38)51-29)37-16-12-33(68-4)24-43(37)72(62,63)64/h5-24H,1-4H3,(H,53,54,55)(H,56,57,58)(H,59,60,61)(H,62,63,64). The van der Waals surface area contributed by atoms with E-state index in [1.165, 1.54) is 95.2 Å². The van der Waals surface area contributed by atoms with Crippen molar-refractivity contribution in [2.24, 2.45) is 20.0 Å². The summed E-state index contributed by atoms with van der Waals surface area (Å²) >= 11 is 0. The number of fused-ring (bicyclic) bond motifs is 4. The van der Waals surface area contributed by atoms with E-state index in [2.05, 4.69) is 4.99 Å². The molecule has 8 bridgehead atoms. The number of hydrogen-bond acceptors (Lipinski definition) is 16. The molecular formula is C48H36N4O16S4. The second kappa shape index (κ2) is 18.2. The summed E-state index contributed by atoms with van der Waals surface area (Å²) in [4.78, 5) is 16.1. The zero-order chi connectivity index (χ0) is 51.7. The third-order valence-corrected chi connectivity index (χ3v) is 15.0. The molecule has 0 fully saturated rings. The fourth-order valence-electron chi connectivity index (χ4n) is 8.34. The lowest BCUT2D eigenvalue weighted by atomic mass is 9.85. The molecule has 20 nitrogen and oxygen atoms in total. The van der Waals surface area contributed by atoms with Gasteiger partial charge in [0.05, 0.1) is 74.1 Å². The van der Waals surface area contributed by atoms with Gasteiger partial charge in [0.15, 0.2) is 0 Å². The molecule has 4 aromatic rings. The van der Waals surface area contributed by atoms with Crippen LogP contribution in [0.5, 0.6) is 23.0 Å². The topological polar surface area (TPSA) is 304 Å². The summed E-state index contributed by atoms with van der Waals surface area (Å²) in [6.45, 7) is 0. The molecule has 368 valence electrons. The number of hydrogen-bond donors (Lipinski definition) is 4. The Kier molecular flexibility index (Phi) is 12.4. The molecular weight excluding hydrogens is 1020 g/mol. The summed E-state index contributed by atoms with van der Waals surface area (Å²) in [6, 6.07) is 14.1. The number of ether oxygens (including phenoxy) is 4. The maximum Gasteiger partial charge on any atom is 0.295 e. The van der Waals surface area contributed by atoms with Gasteiger partial charge < -0.3 is 18.9 Å². The first-order valence-electron chi connectivity index (χ1n) is 20.7. The van der Waals surface area contributed by atoms with Crippen LogP contribution < -0.4 is 18.9 Å². The molecule has 4 aromatic carbocycles. The Balaban J connectivity index is 1.59. The number of allylic oxidation sites excluding steroid dienone is 12. The molecule has 0 amide bonds. The quantitative estimate of drug-likeness (QED) is 0.107. The van der Waals surface area contributed by atoms with E-state index < -0.39 is 82.5 Å². The molecule has 0 radical (unpaired) electrons. The van der Waals surface area contributed by atoms with Crippen molar-refractivity contribution in [3.8, 4) is 23.0 Å². The highest BCUT2D eigenvalue weighted by Crippen LogP contribution is 2.50. The van der Waals surface area contributed by atoms with E-state index in [0.29, 0.717) is 17.1 Å². The summed E-state index contributed by atoms with van der Waals surface area (Å²) in [5.74, 6) is -0.246. The molecule has 5 heterocycles. The summed E-state index contributed by atoms with van der Waals surface area (Å²) in [6.07, 6.45) is 12.4. The maximum atomic E-state index is 13.7. The van der Waals surface area contributed by atoms with E-state index in [0.717, 1.165) is 24.3 Å². The average Bonchev–Trinajstić information content (AvgIpc) is 4.14. The Bertz CT molecular complexity index is 4000. The van der Waals surface area contributed by atoms with E-state index in [1.807, 2.05) is 0 Å². The van der Waals surface area contributed by atoms with Gasteiger partial charge >= 0.3 is 0 Å². The summed E-state index contributed by atoms with van der Waals surface area (Å²) in [7, 11) is -16.2. The molecule has 0 spiro atoms. The molecule has 0 aliphatic carbocycles. The van der Waals surface area contributed by atoms with Gasteiger partial charge in [0.2, 0.25) is 0 Å². The van der Waals surface area contributed by atoms with Crippen LogP contribution in [-0.2, 0) is 40.5 Å². The van der Waals surface area contributed by atoms with Gasteiger partial charge in [-0.25, -0.2) is 20.0 Å². The minimum atomic E-state index is -5.35. The number of nitrogens with zero attached hydrogens (tertiary/aromatic N) is 4. The second-order valence-electron chi connectivity index (χ2n) is 15.8. The van der Waals surface area contributed by atoms with E-state index in [4.69, 9.17) is 33.9 Å². The van der Waals surface area contributed by atoms with E-state index in [1.54, 1.807) is 30.4 Å². The van der Waals surface area contributed by atoms with Crippen molar-refractivity contribution in [1.29, 1.82) is 0 Å². The Morgan fingerprint density at radius 3 is 1.19 bits per heavy atom. The maximum absolute atomic E-state index is 13.7. The van der Waals surface area contributed by atoms with Crippen LogP contribution >= 0.6 is 0 Å². The molecule has 5 aliphatic heterocycles. The zero-order valence-electron chi connectivity index (χ0n) is 37.7. The SMILES string of the molecule is COc1ccc(C2=CC3=CC4=NC(=CC5=NC(=CC6=NC(=C(c7ccc(OC)cc7S(=O)(=O)O)C2=N3)C(c2ccc(OC)cc2S(=O)(=O)O)=C6c2ccc(OC)cc2S(=O)(=O)O)C=C5)C=C4)c(S(=O)(=O)O)c1. The highest BCUT2D eigenvalue weighted by molar-refractivity contribution is 7.86. The predicted octanol–water partition coefficient (Wildman–Crippen LogP) is 6.71. The van der Waals surface area contributed by atoms with Gasteiger partial charge in [0.1, 0.15) is 42.6 Å². The van der Waals surface area contributed by atoms with Crippen molar-refractivity contribution in [3.63, 3.8) is 0 Å². The summed E-state index contributed by atoms with van der Waals surface area (Å²) in [5, 5.41) is 0. The fourth-order valence-corrected chi connectivity index (χ4v) is 11.2. The molecule has 72 heavy (non-hydrogen) atoms. The van der Waals surface area contributed by atoms with E-state index in [9.17, 15) is 51.9 Å². The van der Waals surface area contributed by atoms with Crippen molar-refractivity contribution in [2.45, 2.75) is 19.6 Å². The lowest BCUT2D eigenvalue weighted by Crippen LogP contribution is -2.14. The number of rotatable bonds is 12. The molecule has 0 aromatic heterocycles. The predicted molar refractivity (Wildman–Crippen MR) is 265 cm³/mol. The van der Waals surface area contributed by atoms with Gasteiger partial charge in [0, 0.05) is 68.8 Å². The average molecular weight is 1050 g/mol. The minimum Gasteiger partial charge on any atom is -0.497 e. The molecule has 0 saturated heterocycles. The third-order valence-electron chi connectivity index (χ3n) is 11.4. The van der Waals surface area contributed by atoms with Crippen LogP contribution in [0.25, 0.3) is 22.3 Å². The van der Waals surface area contributed by atoms with Crippen molar-refractivity contribution in [1.82, 2.24) is 0 Å². The van der Waals surface area contributed by atoms with Crippen LogP contribution in [0.15, 0.2) is 184 Å². The molecule has 0 saturated carbocycles. The van der Waals surface area contributed by atoms with Gasteiger partial charge in [-0.3, -0.25) is 18.2 Å². The molecule has 24 heteroatoms. The first-order valence-corrected chi connectivity index (χ1v) is 26.5. The van der Waals surface area contributed by atoms with Crippen molar-refractivity contribution >= 4 is 85.6 Å². The monoisotopic (exact) mass is 1050 g/mol. The van der Waals surface area contributed by atoms with Crippen LogP contribution in [0.1, 0.15) is 22.3 Å². The second-order valence-corrected chi connectivity index (χ2v) is 21.3. The van der Waals surface area contributed by atoms with Crippen LogP contribution in [0.4, 0.5) is 0 Å². The Labute approximate surface area is 411 Å². The highest BCUT2D eigenvalue weighted by atomic mass is 32.2. The van der Waals surface area contributed by atoms with Crippen LogP contribution in [0, 0.1) is 0 Å². The van der Waals surface area contributed by atoms with Crippen molar-refractivity contribution in [3.05, 3.63) is 166 Å². The normalized spacial score (nSPS) is 16.7. The number of methoxy groups -OCH3 is 4. The number of benzene rings is 4. The summed E-state index contributed by atoms with van der Waals surface area (Å²) < 4.78 is 174.